The molecule has 2 aromatic rings. The number of carboxylic acid groups (broad SMARTS) is 1. The minimum Gasteiger partial charge on any atom is -0.480 e. The molecule has 1 unspecified atom stereocenters. The van der Waals surface area contributed by atoms with Crippen LogP contribution in [0.4, 0.5) is 0 Å². The third kappa shape index (κ3) is 8.82. The molecule has 0 saturated carbocycles. The van der Waals surface area contributed by atoms with Crippen molar-refractivity contribution in [3.8, 4) is 0 Å². The van der Waals surface area contributed by atoms with Crippen LogP contribution in [0.15, 0.2) is 59.5 Å². The number of aryl methyl sites for hydroxylation is 1. The summed E-state index contributed by atoms with van der Waals surface area (Å²) in [5.41, 5.74) is 7.29. The van der Waals surface area contributed by atoms with Gasteiger partial charge in [0.1, 0.15) is 16.1 Å². The molecule has 0 aliphatic rings. The maximum atomic E-state index is 11.0. The van der Waals surface area contributed by atoms with Crippen molar-refractivity contribution >= 4 is 27.8 Å². The van der Waals surface area contributed by atoms with E-state index in [2.05, 4.69) is 4.24 Å². The summed E-state index contributed by atoms with van der Waals surface area (Å²) in [4.78, 5) is 10.5. The normalized spacial score (nSPS) is 11.5. The van der Waals surface area contributed by atoms with Gasteiger partial charge in [-0.3, -0.25) is 16.6 Å². The number of hydrogen-bond acceptors (Lipinski definition) is 4. The second-order valence-corrected chi connectivity index (χ2v) is 6.97. The van der Waals surface area contributed by atoms with E-state index in [1.54, 1.807) is 12.1 Å². The largest absolute Gasteiger partial charge is 1.00 e. The first-order chi connectivity index (χ1) is 11.3. The van der Waals surface area contributed by atoms with E-state index in [9.17, 15) is 13.2 Å². The van der Waals surface area contributed by atoms with E-state index < -0.39 is 22.0 Å². The van der Waals surface area contributed by atoms with Crippen molar-refractivity contribution in [2.24, 2.45) is 5.73 Å². The van der Waals surface area contributed by atoms with Gasteiger partial charge in [0.05, 0.1) is 0 Å². The number of rotatable bonds is 5. The first kappa shape index (κ1) is 24.1. The number of benzene rings is 2. The molecule has 130 valence electrons. The fourth-order valence-electron chi connectivity index (χ4n) is 1.71. The average Bonchev–Trinajstić information content (AvgIpc) is 2.56. The van der Waals surface area contributed by atoms with Crippen LogP contribution in [0.5, 0.6) is 0 Å². The summed E-state index contributed by atoms with van der Waals surface area (Å²) in [6.45, 7) is 1.87. The Hall–Kier alpha value is -0.930. The molecule has 0 heterocycles. The Morgan fingerprint density at radius 1 is 1.16 bits per heavy atom. The number of nitrogens with two attached hydrogens (primary N) is 1. The van der Waals surface area contributed by atoms with Crippen LogP contribution in [0.3, 0.4) is 0 Å². The van der Waals surface area contributed by atoms with Crippen LogP contribution in [0.2, 0.25) is 0 Å². The van der Waals surface area contributed by atoms with E-state index in [1.807, 2.05) is 37.3 Å². The zero-order chi connectivity index (χ0) is 18.2. The van der Waals surface area contributed by atoms with Gasteiger partial charge in [-0.05, 0) is 31.0 Å². The number of carbonyl (C=O) groups is 1. The molecule has 0 aromatic heterocycles. The van der Waals surface area contributed by atoms with E-state index in [1.165, 1.54) is 12.1 Å². The van der Waals surface area contributed by atoms with Gasteiger partial charge in [-0.15, -0.1) is 0 Å². The van der Waals surface area contributed by atoms with Gasteiger partial charge in [-0.1, -0.05) is 48.0 Å². The number of aliphatic carboxylic acids is 1. The first-order valence-corrected chi connectivity index (χ1v) is 8.71. The second-order valence-electron chi connectivity index (χ2n) is 4.99. The van der Waals surface area contributed by atoms with Crippen LogP contribution < -0.4 is 35.3 Å². The maximum absolute atomic E-state index is 11.0. The van der Waals surface area contributed by atoms with Crippen LogP contribution in [-0.4, -0.2) is 25.5 Å². The Bertz CT molecular complexity index is 755. The standard InChI is InChI=1S/C9H11NO2.C7H7ClNO2S.Na/c10-8(9(11)12)6-7-4-2-1-3-5-7;1-6-2-4-7(5-3-6)12(10,11)9-8;/h1-5,8H,6,10H2,(H,11,12);2-5H,1H3;/q;-1;+1. The van der Waals surface area contributed by atoms with Crippen LogP contribution in [0.25, 0.3) is 4.24 Å². The summed E-state index contributed by atoms with van der Waals surface area (Å²) in [6, 6.07) is 14.9. The van der Waals surface area contributed by atoms with Gasteiger partial charge in [0, 0.05) is 4.90 Å². The summed E-state index contributed by atoms with van der Waals surface area (Å²) < 4.78 is 24.8. The van der Waals surface area contributed by atoms with Gasteiger partial charge in [0.2, 0.25) is 0 Å². The molecule has 0 saturated heterocycles. The molecule has 0 aliphatic heterocycles. The monoisotopic (exact) mass is 392 g/mol. The van der Waals surface area contributed by atoms with E-state index in [0.29, 0.717) is 6.42 Å². The van der Waals surface area contributed by atoms with Crippen molar-refractivity contribution in [1.29, 1.82) is 0 Å². The minimum absolute atomic E-state index is 0. The topological polar surface area (TPSA) is 112 Å². The van der Waals surface area contributed by atoms with Crippen molar-refractivity contribution in [3.05, 3.63) is 70.0 Å². The van der Waals surface area contributed by atoms with Gasteiger partial charge in [-0.25, -0.2) is 8.42 Å². The SMILES string of the molecule is Cc1ccc(S(=O)(=O)[N-]Cl)cc1.NC(Cc1ccccc1)C(=O)O.[Na+]. The molecule has 1 atom stereocenters. The average molecular weight is 393 g/mol. The molecule has 3 N–H and O–H groups in total. The van der Waals surface area contributed by atoms with Crippen molar-refractivity contribution in [1.82, 2.24) is 0 Å². The zero-order valence-electron chi connectivity index (χ0n) is 14.0. The fourth-order valence-corrected chi connectivity index (χ4v) is 2.50. The second kappa shape index (κ2) is 11.6. The Morgan fingerprint density at radius 3 is 2.12 bits per heavy atom. The zero-order valence-corrected chi connectivity index (χ0v) is 17.5. The van der Waals surface area contributed by atoms with E-state index in [-0.39, 0.29) is 34.5 Å². The number of sulfonamides is 1. The van der Waals surface area contributed by atoms with Gasteiger partial charge >= 0.3 is 35.5 Å². The van der Waals surface area contributed by atoms with Crippen LogP contribution >= 0.6 is 11.8 Å². The van der Waals surface area contributed by atoms with E-state index in [4.69, 9.17) is 22.6 Å². The molecule has 6 nitrogen and oxygen atoms in total. The molecule has 25 heavy (non-hydrogen) atoms. The smallest absolute Gasteiger partial charge is 0.480 e. The summed E-state index contributed by atoms with van der Waals surface area (Å²) >= 11 is 4.90. The van der Waals surface area contributed by atoms with Crippen molar-refractivity contribution in [3.63, 3.8) is 0 Å². The molecule has 0 amide bonds. The predicted octanol–water partition coefficient (Wildman–Crippen LogP) is -0.144. The molecule has 2 aromatic carbocycles. The Kier molecular flexibility index (Phi) is 11.2. The first-order valence-electron chi connectivity index (χ1n) is 6.93. The van der Waals surface area contributed by atoms with Crippen LogP contribution in [-0.2, 0) is 21.2 Å². The number of nitrogens with zero attached hydrogens (tertiary/aromatic N) is 1. The molecule has 2 rings (SSSR count). The van der Waals surface area contributed by atoms with Gasteiger partial charge in [0.25, 0.3) is 0 Å². The summed E-state index contributed by atoms with van der Waals surface area (Å²) in [5, 5.41) is 8.52. The molecule has 0 bridgehead atoms. The van der Waals surface area contributed by atoms with E-state index >= 15 is 0 Å². The summed E-state index contributed by atoms with van der Waals surface area (Å²) in [7, 11) is -3.62. The molecule has 9 heteroatoms. The third-order valence-electron chi connectivity index (χ3n) is 3.03. The van der Waals surface area contributed by atoms with Crippen molar-refractivity contribution in [2.75, 3.05) is 0 Å². The van der Waals surface area contributed by atoms with Gasteiger partial charge < -0.3 is 15.1 Å². The summed E-state index contributed by atoms with van der Waals surface area (Å²) in [5.74, 6) is -0.959. The van der Waals surface area contributed by atoms with Crippen LogP contribution in [0, 0.1) is 6.92 Å². The molecule has 0 radical (unpaired) electrons. The Balaban J connectivity index is 0.000000443. The van der Waals surface area contributed by atoms with Crippen molar-refractivity contribution < 1.29 is 47.9 Å². The molecular formula is C16H18ClN2NaO4S. The predicted molar refractivity (Wildman–Crippen MR) is 93.3 cm³/mol. The Morgan fingerprint density at radius 2 is 1.68 bits per heavy atom. The quantitative estimate of drug-likeness (QED) is 0.688. The van der Waals surface area contributed by atoms with Gasteiger partial charge in [-0.2, -0.15) is 0 Å². The third-order valence-corrected chi connectivity index (χ3v) is 4.62. The summed E-state index contributed by atoms with van der Waals surface area (Å²) in [6.07, 6.45) is 0.385. The minimum atomic E-state index is -3.62. The number of halogens is 1. The Labute approximate surface area is 174 Å². The van der Waals surface area contributed by atoms with Crippen LogP contribution in [0.1, 0.15) is 11.1 Å². The van der Waals surface area contributed by atoms with Gasteiger partial charge in [0.15, 0.2) is 0 Å². The molecule has 0 spiro atoms. The molecular weight excluding hydrogens is 375 g/mol. The fraction of sp³-hybridized carbons (Fsp3) is 0.188. The molecule has 0 aliphatic carbocycles. The molecule has 0 fully saturated rings. The van der Waals surface area contributed by atoms with Crippen molar-refractivity contribution in [2.45, 2.75) is 24.3 Å². The number of hydrogen-bond donors (Lipinski definition) is 2. The van der Waals surface area contributed by atoms with E-state index in [0.717, 1.165) is 11.1 Å². The maximum Gasteiger partial charge on any atom is 1.00 e. The number of carboxylic acids is 1.